The molecule has 0 aliphatic carbocycles. The van der Waals surface area contributed by atoms with Gasteiger partial charge in [0.2, 0.25) is 0 Å². The monoisotopic (exact) mass is 264 g/mol. The van der Waals surface area contributed by atoms with Crippen LogP contribution in [-0.4, -0.2) is 22.7 Å². The lowest BCUT2D eigenvalue weighted by Crippen LogP contribution is -2.08. The first-order valence-corrected chi connectivity index (χ1v) is 5.76. The Labute approximate surface area is 110 Å². The quantitative estimate of drug-likeness (QED) is 0.926. The summed E-state index contributed by atoms with van der Waals surface area (Å²) in [5.41, 5.74) is 2.02. The maximum atomic E-state index is 11.0. The van der Waals surface area contributed by atoms with E-state index in [-0.39, 0.29) is 5.69 Å². The van der Waals surface area contributed by atoms with Crippen molar-refractivity contribution in [2.45, 2.75) is 0 Å². The van der Waals surface area contributed by atoms with Gasteiger partial charge in [-0.2, -0.15) is 0 Å². The summed E-state index contributed by atoms with van der Waals surface area (Å²) < 4.78 is 1.59. The Hall–Kier alpha value is -1.94. The third-order valence-corrected chi connectivity index (χ3v) is 3.06. The van der Waals surface area contributed by atoms with Crippen LogP contribution in [0, 0.1) is 0 Å². The van der Waals surface area contributed by atoms with E-state index in [4.69, 9.17) is 16.7 Å². The molecule has 0 radical (unpaired) electrons. The molecule has 2 aromatic rings. The number of aromatic carboxylic acids is 1. The Kier molecular flexibility index (Phi) is 3.30. The zero-order valence-corrected chi connectivity index (χ0v) is 10.8. The van der Waals surface area contributed by atoms with Gasteiger partial charge in [0.05, 0.1) is 5.69 Å². The summed E-state index contributed by atoms with van der Waals surface area (Å²) in [6.07, 6.45) is 1.78. The van der Waals surface area contributed by atoms with E-state index in [1.807, 2.05) is 24.1 Å². The second-order valence-electron chi connectivity index (χ2n) is 4.04. The standard InChI is InChI=1S/C13H13ClN2O2/c1-15-8-11(7-12(15)13(17)18)16(2)10-5-3-9(14)4-6-10/h3-8H,1-2H3,(H,17,18). The third-order valence-electron chi connectivity index (χ3n) is 2.81. The number of anilines is 2. The molecule has 18 heavy (non-hydrogen) atoms. The number of carbonyl (C=O) groups is 1. The van der Waals surface area contributed by atoms with Gasteiger partial charge in [0.15, 0.2) is 0 Å². The van der Waals surface area contributed by atoms with Crippen LogP contribution in [0.5, 0.6) is 0 Å². The lowest BCUT2D eigenvalue weighted by molar-refractivity contribution is 0.0686. The van der Waals surface area contributed by atoms with Crippen molar-refractivity contribution in [3.8, 4) is 0 Å². The number of rotatable bonds is 3. The molecule has 0 fully saturated rings. The number of halogens is 1. The van der Waals surface area contributed by atoms with E-state index < -0.39 is 5.97 Å². The van der Waals surface area contributed by atoms with Crippen LogP contribution < -0.4 is 4.90 Å². The van der Waals surface area contributed by atoms with Crippen molar-refractivity contribution in [3.05, 3.63) is 47.2 Å². The molecule has 0 atom stereocenters. The molecule has 0 saturated carbocycles. The molecule has 5 heteroatoms. The average Bonchev–Trinajstić information content (AvgIpc) is 2.71. The Morgan fingerprint density at radius 2 is 1.89 bits per heavy atom. The largest absolute Gasteiger partial charge is 0.477 e. The van der Waals surface area contributed by atoms with Crippen molar-refractivity contribution in [2.24, 2.45) is 7.05 Å². The second-order valence-corrected chi connectivity index (χ2v) is 4.47. The van der Waals surface area contributed by atoms with E-state index in [9.17, 15) is 4.79 Å². The highest BCUT2D eigenvalue weighted by molar-refractivity contribution is 6.30. The molecule has 4 nitrogen and oxygen atoms in total. The topological polar surface area (TPSA) is 45.5 Å². The highest BCUT2D eigenvalue weighted by atomic mass is 35.5. The number of nitrogens with zero attached hydrogens (tertiary/aromatic N) is 2. The number of carboxylic acid groups (broad SMARTS) is 1. The van der Waals surface area contributed by atoms with Gasteiger partial charge < -0.3 is 14.6 Å². The third kappa shape index (κ3) is 2.33. The lowest BCUT2D eigenvalue weighted by atomic mass is 10.3. The minimum atomic E-state index is -0.937. The summed E-state index contributed by atoms with van der Waals surface area (Å²) >= 11 is 5.83. The predicted molar refractivity (Wildman–Crippen MR) is 71.9 cm³/mol. The van der Waals surface area contributed by atoms with E-state index in [1.165, 1.54) is 0 Å². The molecule has 0 spiro atoms. The molecule has 0 amide bonds. The highest BCUT2D eigenvalue weighted by Gasteiger charge is 2.13. The van der Waals surface area contributed by atoms with Crippen LogP contribution in [0.1, 0.15) is 10.5 Å². The molecule has 1 heterocycles. The maximum Gasteiger partial charge on any atom is 0.352 e. The number of hydrogen-bond donors (Lipinski definition) is 1. The summed E-state index contributed by atoms with van der Waals surface area (Å²) in [4.78, 5) is 12.9. The molecule has 94 valence electrons. The molecule has 1 aromatic carbocycles. The van der Waals surface area contributed by atoms with Crippen LogP contribution in [-0.2, 0) is 7.05 Å². The molecule has 0 aliphatic rings. The Bertz CT molecular complexity index is 575. The van der Waals surface area contributed by atoms with Gasteiger partial charge >= 0.3 is 5.97 Å². The Morgan fingerprint density at radius 1 is 1.28 bits per heavy atom. The van der Waals surface area contributed by atoms with Crippen LogP contribution in [0.2, 0.25) is 5.02 Å². The van der Waals surface area contributed by atoms with Crippen molar-refractivity contribution in [2.75, 3.05) is 11.9 Å². The van der Waals surface area contributed by atoms with Crippen molar-refractivity contribution >= 4 is 28.9 Å². The van der Waals surface area contributed by atoms with Crippen LogP contribution in [0.3, 0.4) is 0 Å². The molecule has 0 saturated heterocycles. The molecular weight excluding hydrogens is 252 g/mol. The molecule has 0 unspecified atom stereocenters. The van der Waals surface area contributed by atoms with Crippen molar-refractivity contribution in [1.29, 1.82) is 0 Å². The van der Waals surface area contributed by atoms with Crippen molar-refractivity contribution in [1.82, 2.24) is 4.57 Å². The van der Waals surface area contributed by atoms with Crippen molar-refractivity contribution in [3.63, 3.8) is 0 Å². The lowest BCUT2D eigenvalue weighted by Gasteiger charge is -2.17. The number of aryl methyl sites for hydroxylation is 1. The smallest absolute Gasteiger partial charge is 0.352 e. The maximum absolute atomic E-state index is 11.0. The van der Waals surface area contributed by atoms with Gasteiger partial charge in [0.1, 0.15) is 5.69 Å². The fraction of sp³-hybridized carbons (Fsp3) is 0.154. The zero-order valence-electron chi connectivity index (χ0n) is 10.1. The number of hydrogen-bond acceptors (Lipinski definition) is 2. The van der Waals surface area contributed by atoms with E-state index >= 15 is 0 Å². The fourth-order valence-electron chi connectivity index (χ4n) is 1.76. The summed E-state index contributed by atoms with van der Waals surface area (Å²) in [6.45, 7) is 0. The summed E-state index contributed by atoms with van der Waals surface area (Å²) in [7, 11) is 3.59. The van der Waals surface area contributed by atoms with E-state index in [2.05, 4.69) is 0 Å². The van der Waals surface area contributed by atoms with Gasteiger partial charge in [0, 0.05) is 31.0 Å². The summed E-state index contributed by atoms with van der Waals surface area (Å²) in [5.74, 6) is -0.937. The fourth-order valence-corrected chi connectivity index (χ4v) is 1.88. The van der Waals surface area contributed by atoms with E-state index in [0.717, 1.165) is 11.4 Å². The van der Waals surface area contributed by atoms with E-state index in [1.54, 1.807) is 36.0 Å². The summed E-state index contributed by atoms with van der Waals surface area (Å²) in [6, 6.07) is 9.01. The highest BCUT2D eigenvalue weighted by Crippen LogP contribution is 2.26. The van der Waals surface area contributed by atoms with Gasteiger partial charge in [-0.25, -0.2) is 4.79 Å². The number of aromatic nitrogens is 1. The van der Waals surface area contributed by atoms with Gasteiger partial charge in [-0.05, 0) is 30.3 Å². The van der Waals surface area contributed by atoms with Crippen LogP contribution in [0.15, 0.2) is 36.5 Å². The van der Waals surface area contributed by atoms with Gasteiger partial charge in [0.25, 0.3) is 0 Å². The van der Waals surface area contributed by atoms with Gasteiger partial charge in [-0.15, -0.1) is 0 Å². The SMILES string of the molecule is CN(c1ccc(Cl)cc1)c1cc(C(=O)O)n(C)c1. The predicted octanol–water partition coefficient (Wildman–Crippen LogP) is 3.14. The summed E-state index contributed by atoms with van der Waals surface area (Å²) in [5, 5.41) is 9.68. The number of benzene rings is 1. The second kappa shape index (κ2) is 4.74. The molecule has 2 rings (SSSR count). The zero-order chi connectivity index (χ0) is 13.3. The normalized spacial score (nSPS) is 10.4. The molecular formula is C13H13ClN2O2. The van der Waals surface area contributed by atoms with Crippen LogP contribution in [0.25, 0.3) is 0 Å². The van der Waals surface area contributed by atoms with E-state index in [0.29, 0.717) is 5.02 Å². The Balaban J connectivity index is 2.34. The molecule has 0 bridgehead atoms. The first-order chi connectivity index (χ1) is 8.49. The Morgan fingerprint density at radius 3 is 2.39 bits per heavy atom. The van der Waals surface area contributed by atoms with Gasteiger partial charge in [-0.3, -0.25) is 0 Å². The average molecular weight is 265 g/mol. The van der Waals surface area contributed by atoms with Crippen molar-refractivity contribution < 1.29 is 9.90 Å². The number of carboxylic acids is 1. The molecule has 1 aromatic heterocycles. The minimum Gasteiger partial charge on any atom is -0.477 e. The molecule has 0 aliphatic heterocycles. The van der Waals surface area contributed by atoms with Crippen LogP contribution in [0.4, 0.5) is 11.4 Å². The minimum absolute atomic E-state index is 0.255. The first-order valence-electron chi connectivity index (χ1n) is 5.38. The van der Waals surface area contributed by atoms with Gasteiger partial charge in [-0.1, -0.05) is 11.6 Å². The first kappa shape index (κ1) is 12.5. The van der Waals surface area contributed by atoms with Crippen LogP contribution >= 0.6 is 11.6 Å². The molecule has 1 N–H and O–H groups in total.